The van der Waals surface area contributed by atoms with Crippen molar-refractivity contribution in [2.45, 2.75) is 41.7 Å². The first-order chi connectivity index (χ1) is 8.56. The number of carboxylic acids is 1. The number of carbonyl (C=O) groups is 2. The van der Waals surface area contributed by atoms with Gasteiger partial charge >= 0.3 is 11.9 Å². The van der Waals surface area contributed by atoms with Gasteiger partial charge in [-0.05, 0) is 11.4 Å². The molecule has 1 aromatic rings. The van der Waals surface area contributed by atoms with Gasteiger partial charge < -0.3 is 9.84 Å². The SMILES string of the molecule is C[C@H]1C[C@@H](OC(=O)CCC(=O)O)c2ccsc2S1. The molecule has 4 nitrogen and oxygen atoms in total. The molecule has 98 valence electrons. The van der Waals surface area contributed by atoms with E-state index in [1.807, 2.05) is 11.4 Å². The van der Waals surface area contributed by atoms with Gasteiger partial charge in [0, 0.05) is 17.2 Å². The Balaban J connectivity index is 1.98. The summed E-state index contributed by atoms with van der Waals surface area (Å²) in [4.78, 5) is 22.0. The van der Waals surface area contributed by atoms with Crippen LogP contribution >= 0.6 is 23.1 Å². The van der Waals surface area contributed by atoms with Gasteiger partial charge in [0.15, 0.2) is 0 Å². The van der Waals surface area contributed by atoms with Gasteiger partial charge in [0.2, 0.25) is 0 Å². The molecule has 1 aliphatic heterocycles. The molecule has 0 spiro atoms. The number of fused-ring (bicyclic) bond motifs is 1. The third-order valence-corrected chi connectivity index (χ3v) is 5.02. The van der Waals surface area contributed by atoms with Crippen molar-refractivity contribution in [2.75, 3.05) is 0 Å². The van der Waals surface area contributed by atoms with Gasteiger partial charge in [-0.1, -0.05) is 6.92 Å². The number of thioether (sulfide) groups is 1. The number of thiophene rings is 1. The first kappa shape index (κ1) is 13.4. The summed E-state index contributed by atoms with van der Waals surface area (Å²) in [6.45, 7) is 2.10. The lowest BCUT2D eigenvalue weighted by atomic mass is 10.1. The van der Waals surface area contributed by atoms with Crippen molar-refractivity contribution < 1.29 is 19.4 Å². The standard InChI is InChI=1S/C12H14O4S2/c1-7-6-9(8-4-5-17-12(8)18-7)16-11(15)3-2-10(13)14/h4-5,7,9H,2-3,6H2,1H3,(H,13,14)/t7-,9+/m0/s1. The maximum absolute atomic E-state index is 11.6. The summed E-state index contributed by atoms with van der Waals surface area (Å²) in [6.07, 6.45) is 0.329. The van der Waals surface area contributed by atoms with Crippen LogP contribution in [0.2, 0.25) is 0 Å². The summed E-state index contributed by atoms with van der Waals surface area (Å²) in [5, 5.41) is 10.9. The van der Waals surface area contributed by atoms with Gasteiger partial charge in [-0.3, -0.25) is 9.59 Å². The fourth-order valence-corrected chi connectivity index (χ4v) is 4.36. The molecule has 6 heteroatoms. The van der Waals surface area contributed by atoms with E-state index in [4.69, 9.17) is 9.84 Å². The Bertz CT molecular complexity index is 455. The normalized spacial score (nSPS) is 22.3. The molecular formula is C12H14O4S2. The molecule has 0 fully saturated rings. The van der Waals surface area contributed by atoms with Crippen LogP contribution in [0.3, 0.4) is 0 Å². The zero-order valence-corrected chi connectivity index (χ0v) is 11.6. The van der Waals surface area contributed by atoms with Crippen molar-refractivity contribution in [3.8, 4) is 0 Å². The summed E-state index contributed by atoms with van der Waals surface area (Å²) in [5.41, 5.74) is 1.06. The summed E-state index contributed by atoms with van der Waals surface area (Å²) >= 11 is 3.46. The van der Waals surface area contributed by atoms with Crippen LogP contribution in [0.25, 0.3) is 0 Å². The maximum atomic E-state index is 11.6. The molecule has 1 N–H and O–H groups in total. The van der Waals surface area contributed by atoms with Crippen LogP contribution < -0.4 is 0 Å². The van der Waals surface area contributed by atoms with Crippen LogP contribution in [-0.2, 0) is 14.3 Å². The summed E-state index contributed by atoms with van der Waals surface area (Å²) < 4.78 is 6.59. The van der Waals surface area contributed by atoms with E-state index >= 15 is 0 Å². The Morgan fingerprint density at radius 3 is 3.00 bits per heavy atom. The molecule has 0 saturated heterocycles. The highest BCUT2D eigenvalue weighted by Crippen LogP contribution is 2.45. The third-order valence-electron chi connectivity index (χ3n) is 2.68. The Kier molecular flexibility index (Phi) is 4.29. The highest BCUT2D eigenvalue weighted by molar-refractivity contribution is 8.01. The minimum absolute atomic E-state index is 0.0627. The largest absolute Gasteiger partial charge is 0.481 e. The molecule has 0 aromatic carbocycles. The van der Waals surface area contributed by atoms with Gasteiger partial charge in [0.1, 0.15) is 6.10 Å². The van der Waals surface area contributed by atoms with Gasteiger partial charge in [0.05, 0.1) is 17.1 Å². The third kappa shape index (κ3) is 3.26. The number of ether oxygens (including phenoxy) is 1. The van der Waals surface area contributed by atoms with E-state index in [1.54, 1.807) is 23.1 Å². The van der Waals surface area contributed by atoms with Crippen molar-refractivity contribution in [3.05, 3.63) is 17.0 Å². The molecule has 18 heavy (non-hydrogen) atoms. The summed E-state index contributed by atoms with van der Waals surface area (Å²) in [5.74, 6) is -1.41. The maximum Gasteiger partial charge on any atom is 0.306 e. The van der Waals surface area contributed by atoms with Crippen molar-refractivity contribution >= 4 is 35.0 Å². The highest BCUT2D eigenvalue weighted by Gasteiger charge is 2.29. The topological polar surface area (TPSA) is 63.6 Å². The Labute approximate surface area is 113 Å². The quantitative estimate of drug-likeness (QED) is 0.862. The fourth-order valence-electron chi connectivity index (χ4n) is 1.84. The first-order valence-corrected chi connectivity index (χ1v) is 7.47. The molecule has 0 aliphatic carbocycles. The second kappa shape index (κ2) is 5.75. The van der Waals surface area contributed by atoms with E-state index in [9.17, 15) is 9.59 Å². The van der Waals surface area contributed by atoms with Crippen LogP contribution in [0, 0.1) is 0 Å². The Morgan fingerprint density at radius 2 is 2.28 bits per heavy atom. The molecule has 0 radical (unpaired) electrons. The molecule has 2 rings (SSSR count). The zero-order chi connectivity index (χ0) is 13.1. The van der Waals surface area contributed by atoms with E-state index < -0.39 is 11.9 Å². The van der Waals surface area contributed by atoms with Crippen LogP contribution in [0.15, 0.2) is 15.7 Å². The second-order valence-electron chi connectivity index (χ2n) is 4.20. The van der Waals surface area contributed by atoms with E-state index in [1.165, 1.54) is 4.21 Å². The van der Waals surface area contributed by atoms with Gasteiger partial charge in [-0.2, -0.15) is 0 Å². The molecule has 2 heterocycles. The number of esters is 1. The second-order valence-corrected chi connectivity index (χ2v) is 6.82. The van der Waals surface area contributed by atoms with Crippen molar-refractivity contribution in [1.82, 2.24) is 0 Å². The lowest BCUT2D eigenvalue weighted by Gasteiger charge is -2.26. The number of hydrogen-bond donors (Lipinski definition) is 1. The van der Waals surface area contributed by atoms with E-state index in [0.717, 1.165) is 12.0 Å². The molecule has 2 atom stereocenters. The van der Waals surface area contributed by atoms with E-state index in [2.05, 4.69) is 6.92 Å². The number of aliphatic carboxylic acids is 1. The minimum atomic E-state index is -0.976. The molecule has 1 aliphatic rings. The summed E-state index contributed by atoms with van der Waals surface area (Å²) in [6, 6.07) is 1.98. The molecule has 0 amide bonds. The van der Waals surface area contributed by atoms with Gasteiger partial charge in [-0.15, -0.1) is 23.1 Å². The predicted octanol–water partition coefficient (Wildman–Crippen LogP) is 3.08. The average molecular weight is 286 g/mol. The smallest absolute Gasteiger partial charge is 0.306 e. The number of hydrogen-bond acceptors (Lipinski definition) is 5. The monoisotopic (exact) mass is 286 g/mol. The summed E-state index contributed by atoms with van der Waals surface area (Å²) in [7, 11) is 0. The van der Waals surface area contributed by atoms with E-state index in [-0.39, 0.29) is 18.9 Å². The average Bonchev–Trinajstić information content (AvgIpc) is 2.74. The zero-order valence-electron chi connectivity index (χ0n) is 9.92. The molecule has 1 aromatic heterocycles. The molecule has 0 saturated carbocycles. The number of carboxylic acid groups (broad SMARTS) is 1. The van der Waals surface area contributed by atoms with Crippen LogP contribution in [0.4, 0.5) is 0 Å². The number of rotatable bonds is 4. The molecule has 0 bridgehead atoms. The lowest BCUT2D eigenvalue weighted by molar-refractivity contribution is -0.152. The lowest BCUT2D eigenvalue weighted by Crippen LogP contribution is -2.18. The van der Waals surface area contributed by atoms with Crippen molar-refractivity contribution in [3.63, 3.8) is 0 Å². The van der Waals surface area contributed by atoms with E-state index in [0.29, 0.717) is 5.25 Å². The van der Waals surface area contributed by atoms with Crippen molar-refractivity contribution in [2.24, 2.45) is 0 Å². The molecular weight excluding hydrogens is 272 g/mol. The van der Waals surface area contributed by atoms with Crippen LogP contribution in [0.1, 0.15) is 37.9 Å². The Hall–Kier alpha value is -1.01. The van der Waals surface area contributed by atoms with Gasteiger partial charge in [-0.25, -0.2) is 0 Å². The van der Waals surface area contributed by atoms with Gasteiger partial charge in [0.25, 0.3) is 0 Å². The number of carbonyl (C=O) groups excluding carboxylic acids is 1. The predicted molar refractivity (Wildman–Crippen MR) is 70.0 cm³/mol. The van der Waals surface area contributed by atoms with Crippen molar-refractivity contribution in [1.29, 1.82) is 0 Å². The first-order valence-electron chi connectivity index (χ1n) is 5.71. The van der Waals surface area contributed by atoms with Crippen LogP contribution in [0.5, 0.6) is 0 Å². The highest BCUT2D eigenvalue weighted by atomic mass is 32.2. The molecule has 0 unspecified atom stereocenters. The van der Waals surface area contributed by atoms with Crippen LogP contribution in [-0.4, -0.2) is 22.3 Å². The fraction of sp³-hybridized carbons (Fsp3) is 0.500. The Morgan fingerprint density at radius 1 is 1.50 bits per heavy atom. The minimum Gasteiger partial charge on any atom is -0.481 e.